The van der Waals surface area contributed by atoms with Crippen molar-refractivity contribution in [1.82, 2.24) is 15.2 Å². The van der Waals surface area contributed by atoms with Crippen molar-refractivity contribution >= 4 is 23.2 Å². The van der Waals surface area contributed by atoms with Crippen LogP contribution in [0.2, 0.25) is 0 Å². The summed E-state index contributed by atoms with van der Waals surface area (Å²) in [5.74, 6) is 0.678. The quantitative estimate of drug-likeness (QED) is 0.796. The summed E-state index contributed by atoms with van der Waals surface area (Å²) in [5.41, 5.74) is 2.19. The number of amides is 2. The predicted octanol–water partition coefficient (Wildman–Crippen LogP) is 3.10. The smallest absolute Gasteiger partial charge is 0.253 e. The largest absolute Gasteiger partial charge is 0.355 e. The van der Waals surface area contributed by atoms with E-state index >= 15 is 0 Å². The monoisotopic (exact) mass is 408 g/mol. The van der Waals surface area contributed by atoms with Gasteiger partial charge in [-0.25, -0.2) is 4.98 Å². The Balaban J connectivity index is 1.33. The van der Waals surface area contributed by atoms with E-state index in [1.807, 2.05) is 4.90 Å². The van der Waals surface area contributed by atoms with Gasteiger partial charge in [0, 0.05) is 48.8 Å². The number of aromatic nitrogens is 1. The van der Waals surface area contributed by atoms with E-state index < -0.39 is 0 Å². The summed E-state index contributed by atoms with van der Waals surface area (Å²) in [6.45, 7) is 2.05. The molecule has 150 valence electrons. The molecule has 2 amide bonds. The summed E-state index contributed by atoms with van der Waals surface area (Å²) in [5, 5.41) is 15.0. The molecule has 2 fully saturated rings. The Kier molecular flexibility index (Phi) is 5.91. The molecule has 1 N–H and O–H groups in total. The van der Waals surface area contributed by atoms with Crippen LogP contribution < -0.4 is 5.32 Å². The second kappa shape index (κ2) is 8.75. The number of hydrogen-bond acceptors (Lipinski definition) is 5. The van der Waals surface area contributed by atoms with E-state index in [0.717, 1.165) is 49.4 Å². The van der Waals surface area contributed by atoms with Crippen molar-refractivity contribution in [3.63, 3.8) is 0 Å². The van der Waals surface area contributed by atoms with Crippen LogP contribution in [0.25, 0.3) is 0 Å². The minimum Gasteiger partial charge on any atom is -0.355 e. The van der Waals surface area contributed by atoms with Crippen LogP contribution in [0.15, 0.2) is 29.6 Å². The Bertz CT molecular complexity index is 927. The Hall–Kier alpha value is -2.72. The Labute approximate surface area is 174 Å². The first-order valence-electron chi connectivity index (χ1n) is 10.2. The maximum Gasteiger partial charge on any atom is 0.253 e. The zero-order valence-electron chi connectivity index (χ0n) is 16.3. The van der Waals surface area contributed by atoms with Gasteiger partial charge in [0.1, 0.15) is 0 Å². The van der Waals surface area contributed by atoms with Crippen LogP contribution >= 0.6 is 11.3 Å². The fraction of sp³-hybridized carbons (Fsp3) is 0.455. The molecular formula is C22H24N4O2S. The number of nitriles is 1. The van der Waals surface area contributed by atoms with E-state index in [0.29, 0.717) is 24.2 Å². The Morgan fingerprint density at radius 2 is 2.03 bits per heavy atom. The molecule has 0 bridgehead atoms. The van der Waals surface area contributed by atoms with Gasteiger partial charge >= 0.3 is 0 Å². The first-order valence-corrected chi connectivity index (χ1v) is 11.0. The molecule has 1 saturated carbocycles. The SMILES string of the molecule is N#Cc1ccc(C(=O)N2CCCC(c3nc(CCNC(=O)C4CC4)cs3)C2)cc1. The first kappa shape index (κ1) is 19.6. The molecule has 2 heterocycles. The van der Waals surface area contributed by atoms with Crippen LogP contribution in [0.3, 0.4) is 0 Å². The third kappa shape index (κ3) is 4.83. The van der Waals surface area contributed by atoms with Gasteiger partial charge in [0.2, 0.25) is 5.91 Å². The van der Waals surface area contributed by atoms with Crippen molar-refractivity contribution in [1.29, 1.82) is 5.26 Å². The number of carbonyl (C=O) groups excluding carboxylic acids is 2. The fourth-order valence-corrected chi connectivity index (χ4v) is 4.64. The zero-order chi connectivity index (χ0) is 20.2. The van der Waals surface area contributed by atoms with Gasteiger partial charge in [-0.2, -0.15) is 5.26 Å². The lowest BCUT2D eigenvalue weighted by Gasteiger charge is -2.32. The number of piperidine rings is 1. The molecule has 29 heavy (non-hydrogen) atoms. The maximum atomic E-state index is 12.8. The summed E-state index contributed by atoms with van der Waals surface area (Å²) >= 11 is 1.65. The molecule has 1 atom stereocenters. The maximum absolute atomic E-state index is 12.8. The molecule has 4 rings (SSSR count). The van der Waals surface area contributed by atoms with Gasteiger partial charge in [-0.1, -0.05) is 0 Å². The fourth-order valence-electron chi connectivity index (χ4n) is 3.66. The minimum atomic E-state index is 0.0127. The average Bonchev–Trinajstić information content (AvgIpc) is 3.52. The molecule has 1 saturated heterocycles. The molecule has 1 unspecified atom stereocenters. The number of carbonyl (C=O) groups is 2. The summed E-state index contributed by atoms with van der Waals surface area (Å²) in [7, 11) is 0. The van der Waals surface area contributed by atoms with Crippen molar-refractivity contribution in [2.75, 3.05) is 19.6 Å². The molecule has 1 aromatic carbocycles. The molecule has 1 aliphatic carbocycles. The van der Waals surface area contributed by atoms with Crippen molar-refractivity contribution in [3.8, 4) is 6.07 Å². The lowest BCUT2D eigenvalue weighted by atomic mass is 9.98. The number of nitrogens with one attached hydrogen (secondary N) is 1. The third-order valence-corrected chi connectivity index (χ3v) is 6.57. The van der Waals surface area contributed by atoms with Crippen molar-refractivity contribution < 1.29 is 9.59 Å². The second-order valence-corrected chi connectivity index (χ2v) is 8.66. The number of nitrogens with zero attached hydrogens (tertiary/aromatic N) is 3. The lowest BCUT2D eigenvalue weighted by molar-refractivity contribution is -0.122. The van der Waals surface area contributed by atoms with Gasteiger partial charge < -0.3 is 10.2 Å². The molecular weight excluding hydrogens is 384 g/mol. The topological polar surface area (TPSA) is 86.1 Å². The number of rotatable bonds is 6. The van der Waals surface area contributed by atoms with Gasteiger partial charge in [0.05, 0.1) is 22.3 Å². The molecule has 2 aliphatic rings. The van der Waals surface area contributed by atoms with Gasteiger partial charge in [0.25, 0.3) is 5.91 Å². The highest BCUT2D eigenvalue weighted by molar-refractivity contribution is 7.09. The van der Waals surface area contributed by atoms with E-state index in [1.165, 1.54) is 0 Å². The van der Waals surface area contributed by atoms with Crippen molar-refractivity contribution in [2.24, 2.45) is 5.92 Å². The number of likely N-dealkylation sites (tertiary alicyclic amines) is 1. The number of hydrogen-bond donors (Lipinski definition) is 1. The molecule has 0 spiro atoms. The van der Waals surface area contributed by atoms with E-state index in [4.69, 9.17) is 10.2 Å². The second-order valence-electron chi connectivity index (χ2n) is 7.77. The van der Waals surface area contributed by atoms with Crippen LogP contribution in [0.4, 0.5) is 0 Å². The Morgan fingerprint density at radius 1 is 1.24 bits per heavy atom. The molecule has 2 aromatic rings. The van der Waals surface area contributed by atoms with Gasteiger partial charge in [-0.3, -0.25) is 9.59 Å². The zero-order valence-corrected chi connectivity index (χ0v) is 17.1. The van der Waals surface area contributed by atoms with Crippen LogP contribution in [0.5, 0.6) is 0 Å². The Morgan fingerprint density at radius 3 is 2.76 bits per heavy atom. The van der Waals surface area contributed by atoms with Gasteiger partial charge in [-0.15, -0.1) is 11.3 Å². The van der Waals surface area contributed by atoms with Crippen LogP contribution in [-0.4, -0.2) is 41.3 Å². The number of thiazole rings is 1. The highest BCUT2D eigenvalue weighted by atomic mass is 32.1. The summed E-state index contributed by atoms with van der Waals surface area (Å²) in [6, 6.07) is 8.89. The lowest BCUT2D eigenvalue weighted by Crippen LogP contribution is -2.39. The highest BCUT2D eigenvalue weighted by Gasteiger charge is 2.29. The van der Waals surface area contributed by atoms with E-state index in [9.17, 15) is 9.59 Å². The number of benzene rings is 1. The van der Waals surface area contributed by atoms with Crippen LogP contribution in [0, 0.1) is 17.2 Å². The molecule has 1 aromatic heterocycles. The highest BCUT2D eigenvalue weighted by Crippen LogP contribution is 2.30. The van der Waals surface area contributed by atoms with Gasteiger partial charge in [0.15, 0.2) is 0 Å². The van der Waals surface area contributed by atoms with E-state index in [2.05, 4.69) is 16.8 Å². The summed E-state index contributed by atoms with van der Waals surface area (Å²) < 4.78 is 0. The molecule has 0 radical (unpaired) electrons. The van der Waals surface area contributed by atoms with Crippen LogP contribution in [0.1, 0.15) is 58.2 Å². The first-order chi connectivity index (χ1) is 14.1. The standard InChI is InChI=1S/C22H24N4O2S/c23-12-15-3-5-17(6-4-15)22(28)26-11-1-2-18(13-26)21-25-19(14-29-21)9-10-24-20(27)16-7-8-16/h3-6,14,16,18H,1-2,7-11,13H2,(H,24,27). The normalized spacial score (nSPS) is 18.9. The van der Waals surface area contributed by atoms with E-state index in [1.54, 1.807) is 35.6 Å². The van der Waals surface area contributed by atoms with Crippen molar-refractivity contribution in [3.05, 3.63) is 51.5 Å². The summed E-state index contributed by atoms with van der Waals surface area (Å²) in [6.07, 6.45) is 4.77. The molecule has 6 nitrogen and oxygen atoms in total. The summed E-state index contributed by atoms with van der Waals surface area (Å²) in [4.78, 5) is 31.2. The average molecular weight is 409 g/mol. The van der Waals surface area contributed by atoms with Crippen LogP contribution in [-0.2, 0) is 11.2 Å². The van der Waals surface area contributed by atoms with Gasteiger partial charge in [-0.05, 0) is 49.9 Å². The third-order valence-electron chi connectivity index (χ3n) is 5.52. The van der Waals surface area contributed by atoms with E-state index in [-0.39, 0.29) is 23.7 Å². The predicted molar refractivity (Wildman–Crippen MR) is 111 cm³/mol. The molecule has 7 heteroatoms. The van der Waals surface area contributed by atoms with Crippen molar-refractivity contribution in [2.45, 2.75) is 38.0 Å². The minimum absolute atomic E-state index is 0.0127. The molecule has 1 aliphatic heterocycles.